The summed E-state index contributed by atoms with van der Waals surface area (Å²) in [6, 6.07) is 4.67. The van der Waals surface area contributed by atoms with Crippen LogP contribution in [0.4, 0.5) is 20.6 Å². The van der Waals surface area contributed by atoms with Crippen molar-refractivity contribution < 1.29 is 28.6 Å². The summed E-state index contributed by atoms with van der Waals surface area (Å²) in [5.74, 6) is -0.954. The molecule has 0 spiro atoms. The maximum Gasteiger partial charge on any atom is 0.407 e. The molecule has 1 aromatic carbocycles. The van der Waals surface area contributed by atoms with Crippen molar-refractivity contribution in [2.24, 2.45) is 5.41 Å². The summed E-state index contributed by atoms with van der Waals surface area (Å²) in [6.07, 6.45) is 8.95. The predicted molar refractivity (Wildman–Crippen MR) is 174 cm³/mol. The van der Waals surface area contributed by atoms with Crippen molar-refractivity contribution in [3.63, 3.8) is 0 Å². The maximum absolute atomic E-state index is 14.8. The summed E-state index contributed by atoms with van der Waals surface area (Å²) in [4.78, 5) is 33.8. The molecular weight excluding hydrogens is 605 g/mol. The Labute approximate surface area is 272 Å². The number of pyridine rings is 1. The van der Waals surface area contributed by atoms with E-state index in [2.05, 4.69) is 36.0 Å². The number of ether oxygens (including phenoxy) is 2. The van der Waals surface area contributed by atoms with Gasteiger partial charge in [0.05, 0.1) is 35.1 Å². The van der Waals surface area contributed by atoms with Crippen LogP contribution in [0.15, 0.2) is 36.8 Å². The molecule has 7 rings (SSSR count). The van der Waals surface area contributed by atoms with Gasteiger partial charge in [-0.15, -0.1) is 0 Å². The first kappa shape index (κ1) is 31.4. The van der Waals surface area contributed by atoms with E-state index < -0.39 is 17.8 Å². The van der Waals surface area contributed by atoms with Crippen LogP contribution in [0.3, 0.4) is 0 Å². The molecule has 3 aromatic heterocycles. The molecule has 5 heterocycles. The van der Waals surface area contributed by atoms with Crippen molar-refractivity contribution in [2.45, 2.75) is 84.3 Å². The molecule has 4 aromatic rings. The fourth-order valence-corrected chi connectivity index (χ4v) is 6.93. The molecule has 47 heavy (non-hydrogen) atoms. The second kappa shape index (κ2) is 11.8. The third kappa shape index (κ3) is 6.26. The molecule has 2 aliphatic heterocycles. The van der Waals surface area contributed by atoms with Gasteiger partial charge in [0.1, 0.15) is 5.52 Å². The van der Waals surface area contributed by atoms with E-state index in [-0.39, 0.29) is 29.0 Å². The number of imidazole rings is 1. The molecule has 2 unspecified atom stereocenters. The van der Waals surface area contributed by atoms with Gasteiger partial charge in [-0.2, -0.15) is 5.10 Å². The number of aryl methyl sites for hydroxylation is 1. The minimum absolute atomic E-state index is 0.192. The van der Waals surface area contributed by atoms with Crippen LogP contribution in [0.1, 0.15) is 68.9 Å². The van der Waals surface area contributed by atoms with Crippen LogP contribution >= 0.6 is 0 Å². The summed E-state index contributed by atoms with van der Waals surface area (Å²) < 4.78 is 30.6. The third-order valence-electron chi connectivity index (χ3n) is 9.57. The fraction of sp³-hybridized carbons (Fsp3) is 0.529. The lowest BCUT2D eigenvalue weighted by atomic mass is 9.84. The molecule has 13 heteroatoms. The zero-order valence-corrected chi connectivity index (χ0v) is 27.3. The molecule has 2 amide bonds. The van der Waals surface area contributed by atoms with Gasteiger partial charge in [-0.25, -0.2) is 14.2 Å². The van der Waals surface area contributed by atoms with Gasteiger partial charge in [0.25, 0.3) is 5.91 Å². The SMILES string of the molecule is Cc1cn2cc(NC(=O)c3ccc(N4CCN(C(=O)O)C(C(C)(C)C)C4)c4cn(CC5(OC6CCCCO6)CC5)nc34)cc(F)c2n1. The fourth-order valence-electron chi connectivity index (χ4n) is 6.93. The average molecular weight is 648 g/mol. The van der Waals surface area contributed by atoms with Crippen molar-refractivity contribution in [1.29, 1.82) is 0 Å². The Morgan fingerprint density at radius 3 is 2.68 bits per heavy atom. The minimum atomic E-state index is -0.924. The lowest BCUT2D eigenvalue weighted by Crippen LogP contribution is -2.59. The molecule has 1 aliphatic carbocycles. The zero-order chi connectivity index (χ0) is 33.1. The monoisotopic (exact) mass is 647 g/mol. The molecule has 12 nitrogen and oxygen atoms in total. The normalized spacial score (nSPS) is 21.4. The van der Waals surface area contributed by atoms with Crippen LogP contribution in [0.5, 0.6) is 0 Å². The van der Waals surface area contributed by atoms with E-state index in [1.807, 2.05) is 16.9 Å². The molecule has 0 radical (unpaired) electrons. The number of aromatic nitrogens is 4. The van der Waals surface area contributed by atoms with Gasteiger partial charge in [0.2, 0.25) is 0 Å². The van der Waals surface area contributed by atoms with Crippen molar-refractivity contribution in [2.75, 3.05) is 36.5 Å². The van der Waals surface area contributed by atoms with Crippen molar-refractivity contribution in [1.82, 2.24) is 24.1 Å². The largest absolute Gasteiger partial charge is 0.465 e. The van der Waals surface area contributed by atoms with Crippen LogP contribution in [0, 0.1) is 18.2 Å². The van der Waals surface area contributed by atoms with E-state index >= 15 is 0 Å². The number of hydrogen-bond acceptors (Lipinski definition) is 7. The number of piperazine rings is 1. The highest BCUT2D eigenvalue weighted by molar-refractivity contribution is 6.14. The average Bonchev–Trinajstić information content (AvgIpc) is 3.44. The Morgan fingerprint density at radius 1 is 1.17 bits per heavy atom. The molecule has 3 aliphatic rings. The van der Waals surface area contributed by atoms with Gasteiger partial charge in [-0.3, -0.25) is 9.48 Å². The number of carbonyl (C=O) groups excluding carboxylic acids is 1. The van der Waals surface area contributed by atoms with E-state index in [0.29, 0.717) is 55.2 Å². The second-order valence-corrected chi connectivity index (χ2v) is 14.3. The third-order valence-corrected chi connectivity index (χ3v) is 9.57. The molecule has 3 fully saturated rings. The van der Waals surface area contributed by atoms with Crippen molar-refractivity contribution in [3.8, 4) is 0 Å². The van der Waals surface area contributed by atoms with E-state index in [4.69, 9.17) is 14.6 Å². The molecule has 1 saturated carbocycles. The number of hydrogen-bond donors (Lipinski definition) is 2. The molecule has 0 bridgehead atoms. The molecule has 2 saturated heterocycles. The number of fused-ring (bicyclic) bond motifs is 2. The smallest absolute Gasteiger partial charge is 0.407 e. The minimum Gasteiger partial charge on any atom is -0.465 e. The molecule has 250 valence electrons. The number of amides is 2. The van der Waals surface area contributed by atoms with Gasteiger partial charge in [-0.05, 0) is 56.6 Å². The first-order valence-corrected chi connectivity index (χ1v) is 16.4. The quantitative estimate of drug-likeness (QED) is 0.263. The number of nitrogens with one attached hydrogen (secondary N) is 1. The number of carboxylic acid groups (broad SMARTS) is 1. The molecule has 2 atom stereocenters. The lowest BCUT2D eigenvalue weighted by molar-refractivity contribution is -0.200. The number of halogens is 1. The second-order valence-electron chi connectivity index (χ2n) is 14.3. The number of nitrogens with zero attached hydrogens (tertiary/aromatic N) is 6. The van der Waals surface area contributed by atoms with Crippen LogP contribution in [-0.2, 0) is 16.0 Å². The van der Waals surface area contributed by atoms with Crippen LogP contribution < -0.4 is 10.2 Å². The van der Waals surface area contributed by atoms with E-state index in [1.54, 1.807) is 29.8 Å². The highest BCUT2D eigenvalue weighted by atomic mass is 19.1. The van der Waals surface area contributed by atoms with Crippen LogP contribution in [0.25, 0.3) is 16.6 Å². The summed E-state index contributed by atoms with van der Waals surface area (Å²) in [7, 11) is 0. The predicted octanol–water partition coefficient (Wildman–Crippen LogP) is 5.67. The number of rotatable bonds is 7. The Hall–Kier alpha value is -4.23. The summed E-state index contributed by atoms with van der Waals surface area (Å²) in [5.41, 5.74) is 2.24. The summed E-state index contributed by atoms with van der Waals surface area (Å²) in [5, 5.41) is 18.5. The van der Waals surface area contributed by atoms with Crippen molar-refractivity contribution in [3.05, 3.63) is 53.9 Å². The number of benzene rings is 1. The first-order valence-electron chi connectivity index (χ1n) is 16.4. The van der Waals surface area contributed by atoms with Gasteiger partial charge < -0.3 is 34.1 Å². The zero-order valence-electron chi connectivity index (χ0n) is 27.3. The van der Waals surface area contributed by atoms with Crippen LogP contribution in [-0.4, -0.2) is 85.3 Å². The van der Waals surface area contributed by atoms with Crippen molar-refractivity contribution >= 4 is 39.9 Å². The standard InChI is InChI=1S/C34H42FN7O5/c1-21-16-40-17-22(15-25(35)30(40)36-21)37-31(43)23-8-9-26(39-12-13-42(32(44)45)27(19-39)33(2,3)4)24-18-41(38-29(23)24)20-34(10-11-34)47-28-7-5-6-14-46-28/h8-9,15-18,27-28H,5-7,10-14,19-20H2,1-4H3,(H,37,43)(H,44,45). The van der Waals surface area contributed by atoms with Crippen LogP contribution in [0.2, 0.25) is 0 Å². The van der Waals surface area contributed by atoms with Gasteiger partial charge >= 0.3 is 6.09 Å². The molecule has 2 N–H and O–H groups in total. The van der Waals surface area contributed by atoms with Gasteiger partial charge in [-0.1, -0.05) is 20.8 Å². The van der Waals surface area contributed by atoms with Gasteiger partial charge in [0, 0.05) is 62.0 Å². The van der Waals surface area contributed by atoms with E-state index in [1.165, 1.54) is 11.0 Å². The number of anilines is 2. The molecular formula is C34H42FN7O5. The highest BCUT2D eigenvalue weighted by Gasteiger charge is 2.47. The number of carbonyl (C=O) groups is 2. The summed E-state index contributed by atoms with van der Waals surface area (Å²) >= 11 is 0. The maximum atomic E-state index is 14.8. The first-order chi connectivity index (χ1) is 22.4. The van der Waals surface area contributed by atoms with Gasteiger partial charge in [0.15, 0.2) is 17.8 Å². The Balaban J connectivity index is 1.23. The Morgan fingerprint density at radius 2 is 1.98 bits per heavy atom. The Bertz CT molecular complexity index is 1840. The summed E-state index contributed by atoms with van der Waals surface area (Å²) in [6.45, 7) is 10.5. The Kier molecular flexibility index (Phi) is 7.86. The topological polar surface area (TPSA) is 126 Å². The lowest BCUT2D eigenvalue weighted by Gasteiger charge is -2.46. The van der Waals surface area contributed by atoms with E-state index in [0.717, 1.165) is 43.2 Å². The van der Waals surface area contributed by atoms with E-state index in [9.17, 15) is 19.1 Å². The highest BCUT2D eigenvalue weighted by Crippen LogP contribution is 2.44.